The first-order chi connectivity index (χ1) is 7.59. The normalized spacial score (nSPS) is 31.2. The van der Waals surface area contributed by atoms with Gasteiger partial charge in [-0.2, -0.15) is 0 Å². The Labute approximate surface area is 104 Å². The van der Waals surface area contributed by atoms with E-state index in [4.69, 9.17) is 4.99 Å². The third kappa shape index (κ3) is 2.93. The van der Waals surface area contributed by atoms with Crippen LogP contribution in [0.5, 0.6) is 0 Å². The fraction of sp³-hybridized carbons (Fsp3) is 0.923. The molecule has 3 heteroatoms. The Morgan fingerprint density at radius 3 is 2.69 bits per heavy atom. The van der Waals surface area contributed by atoms with Crippen LogP contribution in [0.4, 0.5) is 0 Å². The van der Waals surface area contributed by atoms with Crippen molar-refractivity contribution in [3.05, 3.63) is 0 Å². The number of hydrogen-bond acceptors (Lipinski definition) is 2. The first-order valence-electron chi connectivity index (χ1n) is 6.53. The average molecular weight is 240 g/mol. The zero-order valence-corrected chi connectivity index (χ0v) is 11.6. The van der Waals surface area contributed by atoms with E-state index in [9.17, 15) is 0 Å². The molecule has 2 fully saturated rings. The molecule has 2 aliphatic rings. The van der Waals surface area contributed by atoms with Crippen LogP contribution in [-0.2, 0) is 0 Å². The van der Waals surface area contributed by atoms with Gasteiger partial charge in [0.15, 0.2) is 5.17 Å². The predicted octanol–water partition coefficient (Wildman–Crippen LogP) is 3.28. The van der Waals surface area contributed by atoms with Crippen molar-refractivity contribution in [3.8, 4) is 0 Å². The van der Waals surface area contributed by atoms with Gasteiger partial charge in [-0.1, -0.05) is 45.4 Å². The van der Waals surface area contributed by atoms with Crippen molar-refractivity contribution < 1.29 is 0 Å². The Morgan fingerprint density at radius 2 is 2.12 bits per heavy atom. The van der Waals surface area contributed by atoms with E-state index in [1.165, 1.54) is 36.6 Å². The van der Waals surface area contributed by atoms with Crippen LogP contribution in [0.1, 0.15) is 46.5 Å². The standard InChI is InChI=1S/C13H24N2S/c1-10(2)11-8-16-12(15-11)14-9-13(3)6-4-5-7-13/h10-11H,4-9H2,1-3H3,(H,14,15)/t11-/m1/s1. The smallest absolute Gasteiger partial charge is 0.156 e. The van der Waals surface area contributed by atoms with Gasteiger partial charge in [0.05, 0.1) is 0 Å². The quantitative estimate of drug-likeness (QED) is 0.818. The van der Waals surface area contributed by atoms with Crippen molar-refractivity contribution in [2.75, 3.05) is 12.3 Å². The van der Waals surface area contributed by atoms with Gasteiger partial charge in [-0.05, 0) is 24.2 Å². The first-order valence-corrected chi connectivity index (χ1v) is 7.51. The second-order valence-electron chi connectivity index (χ2n) is 5.94. The summed E-state index contributed by atoms with van der Waals surface area (Å²) in [7, 11) is 0. The molecule has 1 atom stereocenters. The summed E-state index contributed by atoms with van der Waals surface area (Å²) < 4.78 is 0. The van der Waals surface area contributed by atoms with Crippen LogP contribution < -0.4 is 5.32 Å². The van der Waals surface area contributed by atoms with Crippen LogP contribution >= 0.6 is 11.8 Å². The summed E-state index contributed by atoms with van der Waals surface area (Å²) in [6.45, 7) is 7.97. The molecule has 2 nitrogen and oxygen atoms in total. The maximum absolute atomic E-state index is 4.78. The maximum atomic E-state index is 4.78. The lowest BCUT2D eigenvalue weighted by Gasteiger charge is -2.20. The fourth-order valence-corrected chi connectivity index (χ4v) is 3.71. The fourth-order valence-electron chi connectivity index (χ4n) is 2.51. The van der Waals surface area contributed by atoms with Crippen molar-refractivity contribution in [1.82, 2.24) is 5.32 Å². The van der Waals surface area contributed by atoms with E-state index >= 15 is 0 Å². The van der Waals surface area contributed by atoms with Gasteiger partial charge >= 0.3 is 0 Å². The molecule has 0 radical (unpaired) electrons. The summed E-state index contributed by atoms with van der Waals surface area (Å²) in [6.07, 6.45) is 5.52. The number of nitrogens with zero attached hydrogens (tertiary/aromatic N) is 1. The molecular weight excluding hydrogens is 216 g/mol. The summed E-state index contributed by atoms with van der Waals surface area (Å²) in [5.41, 5.74) is 0.491. The molecule has 2 rings (SSSR count). The molecule has 1 aliphatic heterocycles. The number of amidine groups is 1. The monoisotopic (exact) mass is 240 g/mol. The van der Waals surface area contributed by atoms with Gasteiger partial charge in [-0.3, -0.25) is 4.99 Å². The molecule has 0 aromatic heterocycles. The Bertz CT molecular complexity index is 267. The van der Waals surface area contributed by atoms with Crippen LogP contribution in [0, 0.1) is 11.3 Å². The maximum Gasteiger partial charge on any atom is 0.156 e. The van der Waals surface area contributed by atoms with Crippen LogP contribution in [0.2, 0.25) is 0 Å². The topological polar surface area (TPSA) is 24.4 Å². The average Bonchev–Trinajstić information content (AvgIpc) is 2.84. The summed E-state index contributed by atoms with van der Waals surface area (Å²) >= 11 is 1.90. The molecule has 92 valence electrons. The van der Waals surface area contributed by atoms with Gasteiger partial charge in [0.25, 0.3) is 0 Å². The van der Waals surface area contributed by atoms with Crippen molar-refractivity contribution in [1.29, 1.82) is 0 Å². The molecule has 0 bridgehead atoms. The van der Waals surface area contributed by atoms with E-state index in [1.54, 1.807) is 0 Å². The molecule has 0 aromatic carbocycles. The minimum absolute atomic E-state index is 0.491. The van der Waals surface area contributed by atoms with Crippen LogP contribution in [0.15, 0.2) is 4.99 Å². The third-order valence-corrected chi connectivity index (χ3v) is 4.97. The van der Waals surface area contributed by atoms with Crippen molar-refractivity contribution in [2.45, 2.75) is 52.5 Å². The van der Waals surface area contributed by atoms with E-state index in [1.807, 2.05) is 11.8 Å². The van der Waals surface area contributed by atoms with Gasteiger partial charge in [0.1, 0.15) is 0 Å². The highest BCUT2D eigenvalue weighted by atomic mass is 32.2. The lowest BCUT2D eigenvalue weighted by atomic mass is 9.89. The van der Waals surface area contributed by atoms with Gasteiger partial charge in [-0.15, -0.1) is 0 Å². The molecule has 1 saturated carbocycles. The molecule has 0 amide bonds. The zero-order chi connectivity index (χ0) is 11.6. The second-order valence-corrected chi connectivity index (χ2v) is 6.95. The largest absolute Gasteiger partial charge is 0.361 e. The predicted molar refractivity (Wildman–Crippen MR) is 73.1 cm³/mol. The Balaban J connectivity index is 1.84. The molecule has 1 aliphatic carbocycles. The number of nitrogens with one attached hydrogen (secondary N) is 1. The van der Waals surface area contributed by atoms with Crippen LogP contribution in [0.25, 0.3) is 0 Å². The Kier molecular flexibility index (Phi) is 3.83. The highest BCUT2D eigenvalue weighted by Gasteiger charge is 2.29. The number of aliphatic imine (C=N–C) groups is 1. The lowest BCUT2D eigenvalue weighted by Crippen LogP contribution is -2.32. The molecule has 0 unspecified atom stereocenters. The minimum Gasteiger partial charge on any atom is -0.361 e. The van der Waals surface area contributed by atoms with E-state index < -0.39 is 0 Å². The van der Waals surface area contributed by atoms with Gasteiger partial charge in [0.2, 0.25) is 0 Å². The summed E-state index contributed by atoms with van der Waals surface area (Å²) in [5, 5.41) is 4.73. The lowest BCUT2D eigenvalue weighted by molar-refractivity contribution is 0.351. The first kappa shape index (κ1) is 12.3. The zero-order valence-electron chi connectivity index (χ0n) is 10.8. The van der Waals surface area contributed by atoms with Crippen LogP contribution in [-0.4, -0.2) is 23.5 Å². The van der Waals surface area contributed by atoms with Crippen molar-refractivity contribution in [3.63, 3.8) is 0 Å². The highest BCUT2D eigenvalue weighted by Crippen LogP contribution is 2.37. The summed E-state index contributed by atoms with van der Waals surface area (Å²) in [6, 6.07) is 0.625. The van der Waals surface area contributed by atoms with Gasteiger partial charge < -0.3 is 5.32 Å². The van der Waals surface area contributed by atoms with Gasteiger partial charge in [-0.25, -0.2) is 0 Å². The molecule has 1 saturated heterocycles. The third-order valence-electron chi connectivity index (χ3n) is 3.93. The van der Waals surface area contributed by atoms with E-state index in [2.05, 4.69) is 26.1 Å². The number of hydrogen-bond donors (Lipinski definition) is 1. The van der Waals surface area contributed by atoms with Crippen molar-refractivity contribution in [2.24, 2.45) is 16.3 Å². The van der Waals surface area contributed by atoms with Crippen molar-refractivity contribution >= 4 is 16.9 Å². The molecule has 0 spiro atoms. The molecule has 0 aromatic rings. The molecule has 1 N–H and O–H groups in total. The second kappa shape index (κ2) is 4.99. The Hall–Kier alpha value is -0.180. The summed E-state index contributed by atoms with van der Waals surface area (Å²) in [4.78, 5) is 4.78. The molecule has 1 heterocycles. The van der Waals surface area contributed by atoms with Crippen LogP contribution in [0.3, 0.4) is 0 Å². The van der Waals surface area contributed by atoms with E-state index in [0.717, 1.165) is 6.54 Å². The highest BCUT2D eigenvalue weighted by molar-refractivity contribution is 8.14. The minimum atomic E-state index is 0.491. The molecular formula is C13H24N2S. The SMILES string of the molecule is CC(C)[C@H]1CSC(=NCC2(C)CCCC2)N1. The summed E-state index contributed by atoms with van der Waals surface area (Å²) in [5.74, 6) is 1.90. The van der Waals surface area contributed by atoms with Gasteiger partial charge in [0, 0.05) is 18.3 Å². The number of rotatable bonds is 3. The Morgan fingerprint density at radius 1 is 1.44 bits per heavy atom. The number of thioether (sulfide) groups is 1. The molecule has 16 heavy (non-hydrogen) atoms. The van der Waals surface area contributed by atoms with E-state index in [0.29, 0.717) is 17.4 Å². The van der Waals surface area contributed by atoms with E-state index in [-0.39, 0.29) is 0 Å².